The molecule has 0 bridgehead atoms. The average Bonchev–Trinajstić information content (AvgIpc) is 2.48. The minimum absolute atomic E-state index is 0.0156. The highest BCUT2D eigenvalue weighted by atomic mass is 16.5. The van der Waals surface area contributed by atoms with Gasteiger partial charge in [-0.15, -0.1) is 0 Å². The zero-order valence-electron chi connectivity index (χ0n) is 12.3. The molecular formula is C15H21N3O3. The lowest BCUT2D eigenvalue weighted by atomic mass is 9.61. The highest BCUT2D eigenvalue weighted by Crippen LogP contribution is 2.45. The van der Waals surface area contributed by atoms with E-state index in [0.717, 1.165) is 11.3 Å². The van der Waals surface area contributed by atoms with Gasteiger partial charge in [0.25, 0.3) is 0 Å². The first kappa shape index (κ1) is 15.2. The minimum Gasteiger partial charge on any atom is -0.496 e. The number of nitrogens with two attached hydrogens (primary N) is 1. The number of carbonyl (C=O) groups is 1. The Morgan fingerprint density at radius 3 is 2.76 bits per heavy atom. The molecule has 0 saturated heterocycles. The van der Waals surface area contributed by atoms with Gasteiger partial charge in [0.15, 0.2) is 5.84 Å². The number of hydrogen-bond acceptors (Lipinski definition) is 4. The Balaban J connectivity index is 2.07. The van der Waals surface area contributed by atoms with Gasteiger partial charge in [-0.05, 0) is 24.8 Å². The normalized spacial score (nSPS) is 25.0. The van der Waals surface area contributed by atoms with Crippen LogP contribution in [0.5, 0.6) is 5.75 Å². The number of amides is 1. The SMILES string of the molecule is COc1ccccc1CNC(=O)C1(/C(N)=N/O)CC(C)C1. The lowest BCUT2D eigenvalue weighted by Crippen LogP contribution is -2.56. The summed E-state index contributed by atoms with van der Waals surface area (Å²) >= 11 is 0. The van der Waals surface area contributed by atoms with Gasteiger partial charge in [0.05, 0.1) is 7.11 Å². The van der Waals surface area contributed by atoms with Crippen LogP contribution >= 0.6 is 0 Å². The number of benzene rings is 1. The predicted octanol–water partition coefficient (Wildman–Crippen LogP) is 1.47. The van der Waals surface area contributed by atoms with Gasteiger partial charge < -0.3 is 21.0 Å². The summed E-state index contributed by atoms with van der Waals surface area (Å²) < 4.78 is 5.25. The van der Waals surface area contributed by atoms with Crippen LogP contribution in [-0.2, 0) is 11.3 Å². The lowest BCUT2D eigenvalue weighted by molar-refractivity contribution is -0.133. The van der Waals surface area contributed by atoms with Gasteiger partial charge in [-0.25, -0.2) is 0 Å². The first-order valence-corrected chi connectivity index (χ1v) is 6.91. The first-order valence-electron chi connectivity index (χ1n) is 6.91. The topological polar surface area (TPSA) is 96.9 Å². The molecule has 1 aromatic rings. The molecule has 0 aliphatic heterocycles. The monoisotopic (exact) mass is 291 g/mol. The Bertz CT molecular complexity index is 551. The van der Waals surface area contributed by atoms with Crippen LogP contribution in [0.2, 0.25) is 0 Å². The van der Waals surface area contributed by atoms with Gasteiger partial charge in [0.1, 0.15) is 11.2 Å². The van der Waals surface area contributed by atoms with Gasteiger partial charge in [-0.1, -0.05) is 30.3 Å². The summed E-state index contributed by atoms with van der Waals surface area (Å²) in [5.41, 5.74) is 5.72. The number of ether oxygens (including phenoxy) is 1. The molecule has 6 nitrogen and oxygen atoms in total. The summed E-state index contributed by atoms with van der Waals surface area (Å²) in [6.07, 6.45) is 1.20. The van der Waals surface area contributed by atoms with Crippen molar-refractivity contribution in [2.45, 2.75) is 26.3 Å². The predicted molar refractivity (Wildman–Crippen MR) is 79.1 cm³/mol. The Morgan fingerprint density at radius 1 is 1.52 bits per heavy atom. The van der Waals surface area contributed by atoms with Crippen LogP contribution in [-0.4, -0.2) is 24.1 Å². The van der Waals surface area contributed by atoms with Gasteiger partial charge in [0, 0.05) is 12.1 Å². The molecule has 4 N–H and O–H groups in total. The second kappa shape index (κ2) is 6.03. The zero-order valence-corrected chi connectivity index (χ0v) is 12.3. The van der Waals surface area contributed by atoms with Crippen molar-refractivity contribution in [2.24, 2.45) is 22.2 Å². The highest BCUT2D eigenvalue weighted by molar-refractivity contribution is 6.07. The third-order valence-corrected chi connectivity index (χ3v) is 4.06. The van der Waals surface area contributed by atoms with Gasteiger partial charge in [0.2, 0.25) is 5.91 Å². The van der Waals surface area contributed by atoms with E-state index in [2.05, 4.69) is 10.5 Å². The van der Waals surface area contributed by atoms with Crippen LogP contribution in [0.4, 0.5) is 0 Å². The maximum atomic E-state index is 12.4. The number of para-hydroxylation sites is 1. The molecule has 0 unspecified atom stereocenters. The molecule has 0 radical (unpaired) electrons. The maximum Gasteiger partial charge on any atom is 0.234 e. The van der Waals surface area contributed by atoms with Crippen molar-refractivity contribution in [3.63, 3.8) is 0 Å². The van der Waals surface area contributed by atoms with E-state index < -0.39 is 5.41 Å². The standard InChI is InChI=1S/C15H21N3O3/c1-10-7-15(8-10,13(16)18-20)14(19)17-9-11-5-3-4-6-12(11)21-2/h3-6,10,20H,7-9H2,1-2H3,(H2,16,18)(H,17,19). The fraction of sp³-hybridized carbons (Fsp3) is 0.467. The maximum absolute atomic E-state index is 12.4. The third-order valence-electron chi connectivity index (χ3n) is 4.06. The van der Waals surface area contributed by atoms with Crippen molar-refractivity contribution >= 4 is 11.7 Å². The number of hydrogen-bond donors (Lipinski definition) is 3. The van der Waals surface area contributed by atoms with E-state index in [9.17, 15) is 4.79 Å². The number of nitrogens with one attached hydrogen (secondary N) is 1. The van der Waals surface area contributed by atoms with Crippen molar-refractivity contribution in [1.29, 1.82) is 0 Å². The van der Waals surface area contributed by atoms with Crippen LogP contribution in [0.3, 0.4) is 0 Å². The van der Waals surface area contributed by atoms with Crippen molar-refractivity contribution in [1.82, 2.24) is 5.32 Å². The largest absolute Gasteiger partial charge is 0.496 e. The van der Waals surface area contributed by atoms with E-state index >= 15 is 0 Å². The molecule has 0 spiro atoms. The van der Waals surface area contributed by atoms with E-state index in [1.165, 1.54) is 0 Å². The molecule has 0 atom stereocenters. The molecule has 1 fully saturated rings. The minimum atomic E-state index is -0.879. The number of amidine groups is 1. The number of carbonyl (C=O) groups excluding carboxylic acids is 1. The molecule has 1 saturated carbocycles. The van der Waals surface area contributed by atoms with E-state index in [0.29, 0.717) is 25.3 Å². The molecule has 2 rings (SSSR count). The van der Waals surface area contributed by atoms with Crippen molar-refractivity contribution < 1.29 is 14.7 Å². The fourth-order valence-corrected chi connectivity index (χ4v) is 2.93. The molecular weight excluding hydrogens is 270 g/mol. The average molecular weight is 291 g/mol. The van der Waals surface area contributed by atoms with Crippen molar-refractivity contribution in [2.75, 3.05) is 7.11 Å². The Labute approximate surface area is 124 Å². The molecule has 1 aliphatic rings. The molecule has 1 aromatic carbocycles. The van der Waals surface area contributed by atoms with Gasteiger partial charge >= 0.3 is 0 Å². The molecule has 114 valence electrons. The van der Waals surface area contributed by atoms with Crippen LogP contribution in [0.25, 0.3) is 0 Å². The van der Waals surface area contributed by atoms with Gasteiger partial charge in [-0.2, -0.15) is 0 Å². The molecule has 6 heteroatoms. The first-order chi connectivity index (χ1) is 10.0. The number of oxime groups is 1. The summed E-state index contributed by atoms with van der Waals surface area (Å²) in [5, 5.41) is 14.8. The number of nitrogens with zero attached hydrogens (tertiary/aromatic N) is 1. The summed E-state index contributed by atoms with van der Waals surface area (Å²) in [5.74, 6) is 0.889. The summed E-state index contributed by atoms with van der Waals surface area (Å²) in [6, 6.07) is 7.48. The molecule has 21 heavy (non-hydrogen) atoms. The number of rotatable bonds is 5. The summed E-state index contributed by atoms with van der Waals surface area (Å²) in [7, 11) is 1.59. The second-order valence-corrected chi connectivity index (χ2v) is 5.58. The van der Waals surface area contributed by atoms with E-state index in [1.54, 1.807) is 7.11 Å². The Kier molecular flexibility index (Phi) is 4.35. The Hall–Kier alpha value is -2.24. The molecule has 1 amide bonds. The van der Waals surface area contributed by atoms with Crippen molar-refractivity contribution in [3.05, 3.63) is 29.8 Å². The zero-order chi connectivity index (χ0) is 15.5. The van der Waals surface area contributed by atoms with Gasteiger partial charge in [-0.3, -0.25) is 4.79 Å². The molecule has 0 heterocycles. The lowest BCUT2D eigenvalue weighted by Gasteiger charge is -2.43. The Morgan fingerprint density at radius 2 is 2.19 bits per heavy atom. The van der Waals surface area contributed by atoms with Crippen molar-refractivity contribution in [3.8, 4) is 5.75 Å². The van der Waals surface area contributed by atoms with Crippen LogP contribution in [0.15, 0.2) is 29.4 Å². The quantitative estimate of drug-likeness (QED) is 0.331. The third kappa shape index (κ3) is 2.79. The summed E-state index contributed by atoms with van der Waals surface area (Å²) in [4.78, 5) is 12.4. The van der Waals surface area contributed by atoms with E-state index in [1.807, 2.05) is 31.2 Å². The summed E-state index contributed by atoms with van der Waals surface area (Å²) in [6.45, 7) is 2.38. The van der Waals surface area contributed by atoms with Crippen LogP contribution in [0.1, 0.15) is 25.3 Å². The van der Waals surface area contributed by atoms with E-state index in [4.69, 9.17) is 15.7 Å². The fourth-order valence-electron chi connectivity index (χ4n) is 2.93. The van der Waals surface area contributed by atoms with Crippen LogP contribution in [0, 0.1) is 11.3 Å². The van der Waals surface area contributed by atoms with E-state index in [-0.39, 0.29) is 11.7 Å². The second-order valence-electron chi connectivity index (χ2n) is 5.58. The molecule has 0 aromatic heterocycles. The smallest absolute Gasteiger partial charge is 0.234 e. The molecule has 1 aliphatic carbocycles. The number of methoxy groups -OCH3 is 1. The highest BCUT2D eigenvalue weighted by Gasteiger charge is 2.52. The van der Waals surface area contributed by atoms with Crippen LogP contribution < -0.4 is 15.8 Å².